The predicted molar refractivity (Wildman–Crippen MR) is 91.3 cm³/mol. The molecule has 1 unspecified atom stereocenters. The van der Waals surface area contributed by atoms with Gasteiger partial charge in [0.05, 0.1) is 30.8 Å². The molecule has 0 bridgehead atoms. The van der Waals surface area contributed by atoms with Gasteiger partial charge in [-0.05, 0) is 30.7 Å². The normalized spacial score (nSPS) is 16.0. The van der Waals surface area contributed by atoms with E-state index in [1.54, 1.807) is 4.68 Å². The highest BCUT2D eigenvalue weighted by Gasteiger charge is 2.18. The molecule has 1 saturated heterocycles. The Kier molecular flexibility index (Phi) is 5.05. The van der Waals surface area contributed by atoms with Gasteiger partial charge >= 0.3 is 0 Å². The van der Waals surface area contributed by atoms with Gasteiger partial charge in [0.15, 0.2) is 0 Å². The van der Waals surface area contributed by atoms with E-state index in [9.17, 15) is 4.79 Å². The number of morpholine rings is 1. The largest absolute Gasteiger partial charge is 0.378 e. The zero-order valence-corrected chi connectivity index (χ0v) is 13.9. The van der Waals surface area contributed by atoms with Crippen molar-refractivity contribution in [2.45, 2.75) is 19.3 Å². The predicted octanol–water partition coefficient (Wildman–Crippen LogP) is 2.42. The van der Waals surface area contributed by atoms with E-state index in [-0.39, 0.29) is 5.91 Å². The fourth-order valence-electron chi connectivity index (χ4n) is 2.71. The fourth-order valence-corrected chi connectivity index (χ4v) is 2.71. The van der Waals surface area contributed by atoms with Crippen LogP contribution in [0.15, 0.2) is 43.1 Å². The molecule has 1 aliphatic rings. The Bertz CT molecular complexity index is 702. The van der Waals surface area contributed by atoms with Crippen molar-refractivity contribution < 1.29 is 9.53 Å². The first-order chi connectivity index (χ1) is 11.7. The Morgan fingerprint density at radius 2 is 2.04 bits per heavy atom. The number of nitrogens with zero attached hydrogens (tertiary/aromatic N) is 4. The molecule has 3 rings (SSSR count). The molecule has 1 fully saturated rings. The second-order valence-corrected chi connectivity index (χ2v) is 5.96. The van der Waals surface area contributed by atoms with Crippen molar-refractivity contribution in [3.05, 3.63) is 54.4 Å². The number of hydrogen-bond acceptors (Lipinski definition) is 4. The van der Waals surface area contributed by atoms with Crippen molar-refractivity contribution in [3.8, 4) is 5.69 Å². The van der Waals surface area contributed by atoms with Gasteiger partial charge in [-0.25, -0.2) is 4.68 Å². The molecule has 126 valence electrons. The maximum absolute atomic E-state index is 12.4. The number of ether oxygens (including phenoxy) is 1. The summed E-state index contributed by atoms with van der Waals surface area (Å²) >= 11 is 0. The summed E-state index contributed by atoms with van der Waals surface area (Å²) in [7, 11) is 0. The fraction of sp³-hybridized carbons (Fsp3) is 0.389. The highest BCUT2D eigenvalue weighted by Crippen LogP contribution is 2.18. The first-order valence-corrected chi connectivity index (χ1v) is 8.19. The average molecular weight is 326 g/mol. The third-order valence-electron chi connectivity index (χ3n) is 4.21. The molecule has 0 radical (unpaired) electrons. The third-order valence-corrected chi connectivity index (χ3v) is 4.21. The van der Waals surface area contributed by atoms with Gasteiger partial charge < -0.3 is 9.64 Å². The van der Waals surface area contributed by atoms with Crippen LogP contribution >= 0.6 is 0 Å². The van der Waals surface area contributed by atoms with Crippen LogP contribution < -0.4 is 0 Å². The number of carbonyl (C=O) groups excluding carboxylic acids is 1. The van der Waals surface area contributed by atoms with Gasteiger partial charge in [0, 0.05) is 24.6 Å². The van der Waals surface area contributed by atoms with Crippen LogP contribution in [0.3, 0.4) is 0 Å². The van der Waals surface area contributed by atoms with Crippen LogP contribution in [0.25, 0.3) is 5.69 Å². The van der Waals surface area contributed by atoms with Gasteiger partial charge in [-0.15, -0.1) is 11.7 Å². The molecule has 1 aromatic heterocycles. The van der Waals surface area contributed by atoms with Crippen molar-refractivity contribution in [3.63, 3.8) is 0 Å². The third kappa shape index (κ3) is 3.54. The van der Waals surface area contributed by atoms with Crippen LogP contribution in [-0.4, -0.2) is 52.1 Å². The molecule has 0 spiro atoms. The maximum Gasteiger partial charge on any atom is 0.254 e. The minimum atomic E-state index is 0.0451. The molecule has 0 aliphatic carbocycles. The van der Waals surface area contributed by atoms with Gasteiger partial charge in [-0.2, -0.15) is 0 Å². The molecule has 1 aliphatic heterocycles. The monoisotopic (exact) mass is 326 g/mol. The first kappa shape index (κ1) is 16.4. The second kappa shape index (κ2) is 7.40. The van der Waals surface area contributed by atoms with Crippen molar-refractivity contribution in [1.82, 2.24) is 19.9 Å². The lowest BCUT2D eigenvalue weighted by Crippen LogP contribution is -2.40. The average Bonchev–Trinajstić information content (AvgIpc) is 3.12. The minimum Gasteiger partial charge on any atom is -0.378 e. The van der Waals surface area contributed by atoms with Crippen LogP contribution in [0.5, 0.6) is 0 Å². The molecular weight excluding hydrogens is 304 g/mol. The lowest BCUT2D eigenvalue weighted by Gasteiger charge is -2.26. The molecule has 0 saturated carbocycles. The van der Waals surface area contributed by atoms with Crippen LogP contribution in [0.1, 0.15) is 35.3 Å². The highest BCUT2D eigenvalue weighted by atomic mass is 16.5. The number of rotatable bonds is 5. The quantitative estimate of drug-likeness (QED) is 0.792. The van der Waals surface area contributed by atoms with Crippen molar-refractivity contribution in [2.24, 2.45) is 0 Å². The molecule has 1 amide bonds. The van der Waals surface area contributed by atoms with Crippen molar-refractivity contribution >= 4 is 5.91 Å². The van der Waals surface area contributed by atoms with E-state index in [0.29, 0.717) is 37.8 Å². The maximum atomic E-state index is 12.4. The number of hydrogen-bond donors (Lipinski definition) is 0. The van der Waals surface area contributed by atoms with Gasteiger partial charge in [-0.1, -0.05) is 18.2 Å². The smallest absolute Gasteiger partial charge is 0.254 e. The molecule has 2 heterocycles. The van der Waals surface area contributed by atoms with E-state index >= 15 is 0 Å². The Morgan fingerprint density at radius 1 is 1.33 bits per heavy atom. The number of carbonyl (C=O) groups is 1. The van der Waals surface area contributed by atoms with E-state index in [1.165, 1.54) is 0 Å². The van der Waals surface area contributed by atoms with Gasteiger partial charge in [0.2, 0.25) is 0 Å². The number of aromatic nitrogens is 3. The zero-order valence-electron chi connectivity index (χ0n) is 13.9. The summed E-state index contributed by atoms with van der Waals surface area (Å²) in [5.41, 5.74) is 2.50. The summed E-state index contributed by atoms with van der Waals surface area (Å²) in [5.74, 6) is 0.335. The molecule has 2 aromatic rings. The lowest BCUT2D eigenvalue weighted by molar-refractivity contribution is 0.0303. The molecule has 6 heteroatoms. The number of amides is 1. The summed E-state index contributed by atoms with van der Waals surface area (Å²) < 4.78 is 7.02. The molecule has 24 heavy (non-hydrogen) atoms. The van der Waals surface area contributed by atoms with Crippen LogP contribution in [-0.2, 0) is 4.74 Å². The standard InChI is InChI=1S/C18H22N4O2/c1-3-4-14(2)17-13-22(20-19-17)16-7-5-15(6-8-16)18(23)21-9-11-24-12-10-21/h3,5-8,13-14H,1,4,9-12H2,2H3. The summed E-state index contributed by atoms with van der Waals surface area (Å²) in [5, 5.41) is 8.39. The van der Waals surface area contributed by atoms with E-state index in [0.717, 1.165) is 17.8 Å². The van der Waals surface area contributed by atoms with Crippen LogP contribution in [0.4, 0.5) is 0 Å². The van der Waals surface area contributed by atoms with Crippen molar-refractivity contribution in [2.75, 3.05) is 26.3 Å². The minimum absolute atomic E-state index is 0.0451. The summed E-state index contributed by atoms with van der Waals surface area (Å²) in [6.07, 6.45) is 4.67. The molecule has 0 N–H and O–H groups in total. The Morgan fingerprint density at radius 3 is 2.71 bits per heavy atom. The van der Waals surface area contributed by atoms with E-state index in [4.69, 9.17) is 4.74 Å². The van der Waals surface area contributed by atoms with E-state index in [2.05, 4.69) is 23.8 Å². The Hall–Kier alpha value is -2.47. The topological polar surface area (TPSA) is 60.2 Å². The Balaban J connectivity index is 1.72. The summed E-state index contributed by atoms with van der Waals surface area (Å²) in [4.78, 5) is 14.3. The SMILES string of the molecule is C=CCC(C)c1cn(-c2ccc(C(=O)N3CCOCC3)cc2)nn1. The van der Waals surface area contributed by atoms with Gasteiger partial charge in [0.25, 0.3) is 5.91 Å². The molecular formula is C18H22N4O2. The lowest BCUT2D eigenvalue weighted by atomic mass is 10.1. The van der Waals surface area contributed by atoms with E-state index in [1.807, 2.05) is 41.4 Å². The number of allylic oxidation sites excluding steroid dienone is 1. The van der Waals surface area contributed by atoms with Crippen LogP contribution in [0, 0.1) is 0 Å². The van der Waals surface area contributed by atoms with E-state index < -0.39 is 0 Å². The van der Waals surface area contributed by atoms with Gasteiger partial charge in [0.1, 0.15) is 0 Å². The molecule has 6 nitrogen and oxygen atoms in total. The zero-order chi connectivity index (χ0) is 16.9. The second-order valence-electron chi connectivity index (χ2n) is 5.96. The van der Waals surface area contributed by atoms with Crippen LogP contribution in [0.2, 0.25) is 0 Å². The number of benzene rings is 1. The highest BCUT2D eigenvalue weighted by molar-refractivity contribution is 5.94. The molecule has 1 aromatic carbocycles. The summed E-state index contributed by atoms with van der Waals surface area (Å²) in [6, 6.07) is 7.46. The Labute approximate surface area is 141 Å². The summed E-state index contributed by atoms with van der Waals surface area (Å²) in [6.45, 7) is 8.36. The molecule has 1 atom stereocenters. The first-order valence-electron chi connectivity index (χ1n) is 8.19. The van der Waals surface area contributed by atoms with Gasteiger partial charge in [-0.3, -0.25) is 4.79 Å². The van der Waals surface area contributed by atoms with Crippen molar-refractivity contribution in [1.29, 1.82) is 0 Å².